The lowest BCUT2D eigenvalue weighted by Gasteiger charge is -2.15. The second-order valence-corrected chi connectivity index (χ2v) is 6.30. The maximum Gasteiger partial charge on any atom is 0.147 e. The summed E-state index contributed by atoms with van der Waals surface area (Å²) in [6.07, 6.45) is 0.370. The third kappa shape index (κ3) is 4.19. The van der Waals surface area contributed by atoms with Crippen LogP contribution in [0.25, 0.3) is 0 Å². The molecule has 0 saturated heterocycles. The van der Waals surface area contributed by atoms with Gasteiger partial charge in [0.05, 0.1) is 26.1 Å². The first-order valence-electron chi connectivity index (χ1n) is 5.45. The smallest absolute Gasteiger partial charge is 0.147 e. The molecule has 1 N–H and O–H groups in total. The van der Waals surface area contributed by atoms with E-state index in [2.05, 4.69) is 0 Å². The zero-order valence-electron chi connectivity index (χ0n) is 10.7. The number of sulfone groups is 1. The van der Waals surface area contributed by atoms with Crippen LogP contribution in [0.2, 0.25) is 0 Å². The molecule has 0 heterocycles. The SMILES string of the molecule is COc1ccc(OC)c(C(O)CCS(C)(=O)=O)c1. The Kier molecular flexibility index (Phi) is 4.98. The molecular weight excluding hydrogens is 256 g/mol. The fourth-order valence-corrected chi connectivity index (χ4v) is 2.23. The number of methoxy groups -OCH3 is 2. The number of aliphatic hydroxyl groups is 1. The molecule has 0 aromatic heterocycles. The Morgan fingerprint density at radius 1 is 1.28 bits per heavy atom. The molecule has 1 unspecified atom stereocenters. The second kappa shape index (κ2) is 6.06. The van der Waals surface area contributed by atoms with Gasteiger partial charge in [-0.2, -0.15) is 0 Å². The van der Waals surface area contributed by atoms with E-state index < -0.39 is 15.9 Å². The Morgan fingerprint density at radius 3 is 2.44 bits per heavy atom. The summed E-state index contributed by atoms with van der Waals surface area (Å²) in [7, 11) is -0.0776. The molecular formula is C12H18O5S. The van der Waals surface area contributed by atoms with Crippen LogP contribution in [0.1, 0.15) is 18.1 Å². The quantitative estimate of drug-likeness (QED) is 0.843. The molecule has 102 valence electrons. The van der Waals surface area contributed by atoms with Crippen LogP contribution < -0.4 is 9.47 Å². The van der Waals surface area contributed by atoms with Gasteiger partial charge in [-0.1, -0.05) is 0 Å². The molecule has 0 aliphatic rings. The molecule has 1 aromatic carbocycles. The average Bonchev–Trinajstić information content (AvgIpc) is 2.34. The lowest BCUT2D eigenvalue weighted by atomic mass is 10.1. The standard InChI is InChI=1S/C12H18O5S/c1-16-9-4-5-12(17-2)10(8-9)11(13)6-7-18(3,14)15/h4-5,8,11,13H,6-7H2,1-3H3. The lowest BCUT2D eigenvalue weighted by Crippen LogP contribution is -2.09. The number of benzene rings is 1. The predicted molar refractivity (Wildman–Crippen MR) is 68.8 cm³/mol. The van der Waals surface area contributed by atoms with Gasteiger partial charge in [0, 0.05) is 11.8 Å². The van der Waals surface area contributed by atoms with E-state index in [1.807, 2.05) is 0 Å². The Hall–Kier alpha value is -1.27. The van der Waals surface area contributed by atoms with Crippen LogP contribution in [-0.2, 0) is 9.84 Å². The molecule has 0 saturated carbocycles. The highest BCUT2D eigenvalue weighted by molar-refractivity contribution is 7.90. The van der Waals surface area contributed by atoms with Gasteiger partial charge < -0.3 is 14.6 Å². The summed E-state index contributed by atoms with van der Waals surface area (Å²) < 4.78 is 32.4. The molecule has 0 aliphatic heterocycles. The van der Waals surface area contributed by atoms with Crippen LogP contribution in [0, 0.1) is 0 Å². The van der Waals surface area contributed by atoms with Gasteiger partial charge in [-0.3, -0.25) is 0 Å². The van der Waals surface area contributed by atoms with E-state index in [9.17, 15) is 13.5 Å². The average molecular weight is 274 g/mol. The summed E-state index contributed by atoms with van der Waals surface area (Å²) in [6, 6.07) is 5.04. The van der Waals surface area contributed by atoms with Crippen molar-refractivity contribution in [2.24, 2.45) is 0 Å². The van der Waals surface area contributed by atoms with E-state index in [1.54, 1.807) is 18.2 Å². The van der Waals surface area contributed by atoms with Crippen LogP contribution in [0.5, 0.6) is 11.5 Å². The van der Waals surface area contributed by atoms with Crippen molar-refractivity contribution >= 4 is 9.84 Å². The van der Waals surface area contributed by atoms with Crippen molar-refractivity contribution in [3.05, 3.63) is 23.8 Å². The molecule has 0 spiro atoms. The minimum absolute atomic E-state index is 0.0749. The molecule has 0 bridgehead atoms. The highest BCUT2D eigenvalue weighted by Crippen LogP contribution is 2.31. The van der Waals surface area contributed by atoms with E-state index in [0.717, 1.165) is 6.26 Å². The maximum atomic E-state index is 11.1. The minimum atomic E-state index is -3.09. The molecule has 1 rings (SSSR count). The Bertz CT molecular complexity index is 495. The van der Waals surface area contributed by atoms with E-state index in [1.165, 1.54) is 14.2 Å². The highest BCUT2D eigenvalue weighted by Gasteiger charge is 2.16. The Balaban J connectivity index is 2.92. The van der Waals surface area contributed by atoms with Gasteiger partial charge in [-0.15, -0.1) is 0 Å². The largest absolute Gasteiger partial charge is 0.497 e. The van der Waals surface area contributed by atoms with Crippen molar-refractivity contribution in [1.82, 2.24) is 0 Å². The Labute approximate surface area is 107 Å². The zero-order chi connectivity index (χ0) is 13.8. The van der Waals surface area contributed by atoms with Crippen LogP contribution >= 0.6 is 0 Å². The first-order chi connectivity index (χ1) is 8.37. The molecule has 0 fully saturated rings. The van der Waals surface area contributed by atoms with E-state index in [0.29, 0.717) is 17.1 Å². The lowest BCUT2D eigenvalue weighted by molar-refractivity contribution is 0.169. The summed E-state index contributed by atoms with van der Waals surface area (Å²) in [5, 5.41) is 10.0. The van der Waals surface area contributed by atoms with E-state index in [4.69, 9.17) is 9.47 Å². The Morgan fingerprint density at radius 2 is 1.94 bits per heavy atom. The molecule has 0 radical (unpaired) electrons. The number of hydrogen-bond donors (Lipinski definition) is 1. The first-order valence-corrected chi connectivity index (χ1v) is 7.51. The van der Waals surface area contributed by atoms with Crippen LogP contribution in [0.3, 0.4) is 0 Å². The van der Waals surface area contributed by atoms with Gasteiger partial charge in [0.2, 0.25) is 0 Å². The van der Waals surface area contributed by atoms with Gasteiger partial charge in [0.15, 0.2) is 0 Å². The summed E-state index contributed by atoms with van der Waals surface area (Å²) in [5.74, 6) is 1.02. The van der Waals surface area contributed by atoms with Crippen LogP contribution in [0.4, 0.5) is 0 Å². The van der Waals surface area contributed by atoms with Crippen LogP contribution in [0.15, 0.2) is 18.2 Å². The molecule has 5 nitrogen and oxygen atoms in total. The summed E-state index contributed by atoms with van der Waals surface area (Å²) in [5.41, 5.74) is 0.528. The van der Waals surface area contributed by atoms with Crippen molar-refractivity contribution < 1.29 is 23.0 Å². The summed E-state index contributed by atoms with van der Waals surface area (Å²) >= 11 is 0. The maximum absolute atomic E-state index is 11.1. The highest BCUT2D eigenvalue weighted by atomic mass is 32.2. The molecule has 6 heteroatoms. The van der Waals surface area contributed by atoms with Gasteiger partial charge >= 0.3 is 0 Å². The third-order valence-electron chi connectivity index (χ3n) is 2.56. The van der Waals surface area contributed by atoms with E-state index in [-0.39, 0.29) is 12.2 Å². The van der Waals surface area contributed by atoms with Crippen molar-refractivity contribution in [3.63, 3.8) is 0 Å². The molecule has 1 aromatic rings. The zero-order valence-corrected chi connectivity index (χ0v) is 11.5. The van der Waals surface area contributed by atoms with Gasteiger partial charge in [-0.25, -0.2) is 8.42 Å². The first kappa shape index (κ1) is 14.8. The number of aliphatic hydroxyl groups excluding tert-OH is 1. The topological polar surface area (TPSA) is 72.8 Å². The third-order valence-corrected chi connectivity index (χ3v) is 3.54. The van der Waals surface area contributed by atoms with Crippen LogP contribution in [-0.4, -0.2) is 39.8 Å². The van der Waals surface area contributed by atoms with Crippen molar-refractivity contribution in [1.29, 1.82) is 0 Å². The summed E-state index contributed by atoms with van der Waals surface area (Å²) in [6.45, 7) is 0. The predicted octanol–water partition coefficient (Wildman–Crippen LogP) is 1.17. The van der Waals surface area contributed by atoms with E-state index >= 15 is 0 Å². The molecule has 0 aliphatic carbocycles. The molecule has 0 amide bonds. The number of hydrogen-bond acceptors (Lipinski definition) is 5. The van der Waals surface area contributed by atoms with Gasteiger partial charge in [-0.05, 0) is 24.6 Å². The molecule has 18 heavy (non-hydrogen) atoms. The second-order valence-electron chi connectivity index (χ2n) is 4.04. The fourth-order valence-electron chi connectivity index (χ4n) is 1.58. The van der Waals surface area contributed by atoms with Crippen molar-refractivity contribution in [2.75, 3.05) is 26.2 Å². The van der Waals surface area contributed by atoms with Crippen molar-refractivity contribution in [2.45, 2.75) is 12.5 Å². The van der Waals surface area contributed by atoms with Gasteiger partial charge in [0.25, 0.3) is 0 Å². The minimum Gasteiger partial charge on any atom is -0.497 e. The normalized spacial score (nSPS) is 13.1. The number of rotatable bonds is 6. The summed E-state index contributed by atoms with van der Waals surface area (Å²) in [4.78, 5) is 0. The van der Waals surface area contributed by atoms with Crippen molar-refractivity contribution in [3.8, 4) is 11.5 Å². The molecule has 1 atom stereocenters. The monoisotopic (exact) mass is 274 g/mol. The number of ether oxygens (including phenoxy) is 2. The fraction of sp³-hybridized carbons (Fsp3) is 0.500. The van der Waals surface area contributed by atoms with Gasteiger partial charge in [0.1, 0.15) is 21.3 Å².